The number of amides is 1. The van der Waals surface area contributed by atoms with Gasteiger partial charge >= 0.3 is 6.18 Å². The molecule has 20 heavy (non-hydrogen) atoms. The first kappa shape index (κ1) is 14.1. The molecule has 0 unspecified atom stereocenters. The maximum Gasteiger partial charge on any atom is 0.416 e. The summed E-state index contributed by atoms with van der Waals surface area (Å²) < 4.78 is 37.8. The maximum atomic E-state index is 12.6. The fraction of sp³-hybridized carbons (Fsp3) is 0.231. The SMILES string of the molecule is CN(Cc1ncc[nH]1)C(=O)c1cccc(C(F)(F)F)c1. The van der Waals surface area contributed by atoms with E-state index in [0.717, 1.165) is 12.1 Å². The first-order valence-electron chi connectivity index (χ1n) is 5.79. The third kappa shape index (κ3) is 3.17. The lowest BCUT2D eigenvalue weighted by Gasteiger charge is -2.16. The Morgan fingerprint density at radius 3 is 2.75 bits per heavy atom. The van der Waals surface area contributed by atoms with Gasteiger partial charge in [0.2, 0.25) is 0 Å². The van der Waals surface area contributed by atoms with E-state index < -0.39 is 17.6 Å². The van der Waals surface area contributed by atoms with Gasteiger partial charge in [-0.25, -0.2) is 4.98 Å². The number of H-pyrrole nitrogens is 1. The summed E-state index contributed by atoms with van der Waals surface area (Å²) in [5.74, 6) is 0.0697. The predicted octanol–water partition coefficient (Wildman–Crippen LogP) is 2.70. The van der Waals surface area contributed by atoms with Crippen molar-refractivity contribution in [3.63, 3.8) is 0 Å². The molecule has 0 aliphatic carbocycles. The minimum absolute atomic E-state index is 0.00567. The monoisotopic (exact) mass is 283 g/mol. The number of imidazole rings is 1. The molecule has 0 saturated heterocycles. The molecule has 4 nitrogen and oxygen atoms in total. The lowest BCUT2D eigenvalue weighted by molar-refractivity contribution is -0.137. The van der Waals surface area contributed by atoms with Gasteiger partial charge in [-0.15, -0.1) is 0 Å². The molecule has 2 aromatic rings. The zero-order valence-corrected chi connectivity index (χ0v) is 10.6. The number of carbonyl (C=O) groups is 1. The molecule has 0 radical (unpaired) electrons. The molecular weight excluding hydrogens is 271 g/mol. The van der Waals surface area contributed by atoms with Crippen LogP contribution in [0.15, 0.2) is 36.7 Å². The molecule has 1 heterocycles. The highest BCUT2D eigenvalue weighted by atomic mass is 19.4. The van der Waals surface area contributed by atoms with Crippen molar-refractivity contribution in [3.8, 4) is 0 Å². The van der Waals surface area contributed by atoms with Crippen molar-refractivity contribution in [2.45, 2.75) is 12.7 Å². The van der Waals surface area contributed by atoms with E-state index >= 15 is 0 Å². The van der Waals surface area contributed by atoms with Crippen molar-refractivity contribution in [1.29, 1.82) is 0 Å². The number of carbonyl (C=O) groups excluding carboxylic acids is 1. The largest absolute Gasteiger partial charge is 0.416 e. The molecule has 0 atom stereocenters. The molecule has 0 saturated carbocycles. The molecule has 1 amide bonds. The number of nitrogens with zero attached hydrogens (tertiary/aromatic N) is 2. The van der Waals surface area contributed by atoms with Crippen molar-refractivity contribution >= 4 is 5.91 Å². The van der Waals surface area contributed by atoms with E-state index in [-0.39, 0.29) is 12.1 Å². The second-order valence-corrected chi connectivity index (χ2v) is 4.28. The summed E-state index contributed by atoms with van der Waals surface area (Å²) in [5, 5.41) is 0. The first-order valence-corrected chi connectivity index (χ1v) is 5.79. The summed E-state index contributed by atoms with van der Waals surface area (Å²) in [6.45, 7) is 0.197. The van der Waals surface area contributed by atoms with Gasteiger partial charge in [0.15, 0.2) is 0 Å². The number of hydrogen-bond donors (Lipinski definition) is 1. The molecule has 0 aliphatic heterocycles. The molecule has 0 spiro atoms. The van der Waals surface area contributed by atoms with Crippen molar-refractivity contribution < 1.29 is 18.0 Å². The number of aromatic amines is 1. The smallest absolute Gasteiger partial charge is 0.347 e. The Morgan fingerprint density at radius 1 is 1.40 bits per heavy atom. The van der Waals surface area contributed by atoms with Crippen LogP contribution in [0.25, 0.3) is 0 Å². The lowest BCUT2D eigenvalue weighted by Crippen LogP contribution is -2.27. The molecule has 1 aromatic heterocycles. The van der Waals surface area contributed by atoms with Crippen LogP contribution in [0.3, 0.4) is 0 Å². The highest BCUT2D eigenvalue weighted by Gasteiger charge is 2.31. The van der Waals surface area contributed by atoms with Gasteiger partial charge in [0.05, 0.1) is 12.1 Å². The second kappa shape index (κ2) is 5.36. The Hall–Kier alpha value is -2.31. The zero-order valence-electron chi connectivity index (χ0n) is 10.6. The van der Waals surface area contributed by atoms with Crippen LogP contribution in [0, 0.1) is 0 Å². The average Bonchev–Trinajstić information content (AvgIpc) is 2.90. The molecule has 2 rings (SSSR count). The van der Waals surface area contributed by atoms with Crippen molar-refractivity contribution in [3.05, 3.63) is 53.6 Å². The standard InChI is InChI=1S/C13H12F3N3O/c1-19(8-11-17-5-6-18-11)12(20)9-3-2-4-10(7-9)13(14,15)16/h2-7H,8H2,1H3,(H,17,18). The molecular formula is C13H12F3N3O. The Labute approximate surface area is 113 Å². The van der Waals surface area contributed by atoms with E-state index in [0.29, 0.717) is 5.82 Å². The van der Waals surface area contributed by atoms with E-state index in [2.05, 4.69) is 9.97 Å². The quantitative estimate of drug-likeness (QED) is 0.941. The van der Waals surface area contributed by atoms with Crippen LogP contribution in [0.2, 0.25) is 0 Å². The summed E-state index contributed by atoms with van der Waals surface area (Å²) in [4.78, 5) is 20.2. The summed E-state index contributed by atoms with van der Waals surface area (Å²) in [6.07, 6.45) is -1.31. The summed E-state index contributed by atoms with van der Waals surface area (Å²) in [6, 6.07) is 4.36. The number of halogens is 3. The number of benzene rings is 1. The minimum atomic E-state index is -4.46. The van der Waals surface area contributed by atoms with Crippen molar-refractivity contribution in [2.24, 2.45) is 0 Å². The van der Waals surface area contributed by atoms with E-state index in [4.69, 9.17) is 0 Å². The van der Waals surface area contributed by atoms with Crippen molar-refractivity contribution in [1.82, 2.24) is 14.9 Å². The van der Waals surface area contributed by atoms with Gasteiger partial charge in [-0.1, -0.05) is 6.07 Å². The van der Waals surface area contributed by atoms with Gasteiger partial charge in [0.25, 0.3) is 5.91 Å². The van der Waals surface area contributed by atoms with Crippen LogP contribution in [-0.2, 0) is 12.7 Å². The van der Waals surface area contributed by atoms with Gasteiger partial charge in [-0.05, 0) is 18.2 Å². The highest BCUT2D eigenvalue weighted by Crippen LogP contribution is 2.29. The van der Waals surface area contributed by atoms with Crippen LogP contribution >= 0.6 is 0 Å². The second-order valence-electron chi connectivity index (χ2n) is 4.28. The molecule has 7 heteroatoms. The number of aromatic nitrogens is 2. The molecule has 1 N–H and O–H groups in total. The topological polar surface area (TPSA) is 49.0 Å². The van der Waals surface area contributed by atoms with Crippen LogP contribution in [-0.4, -0.2) is 27.8 Å². The van der Waals surface area contributed by atoms with E-state index in [1.807, 2.05) is 0 Å². The number of hydrogen-bond acceptors (Lipinski definition) is 2. The number of alkyl halides is 3. The number of nitrogens with one attached hydrogen (secondary N) is 1. The van der Waals surface area contributed by atoms with Gasteiger partial charge in [0, 0.05) is 25.0 Å². The lowest BCUT2D eigenvalue weighted by atomic mass is 10.1. The van der Waals surface area contributed by atoms with Gasteiger partial charge in [-0.2, -0.15) is 13.2 Å². The molecule has 106 valence electrons. The van der Waals surface area contributed by atoms with Crippen LogP contribution < -0.4 is 0 Å². The normalized spacial score (nSPS) is 11.4. The molecule has 1 aromatic carbocycles. The highest BCUT2D eigenvalue weighted by molar-refractivity contribution is 5.94. The van der Waals surface area contributed by atoms with Crippen LogP contribution in [0.5, 0.6) is 0 Å². The first-order chi connectivity index (χ1) is 9.38. The minimum Gasteiger partial charge on any atom is -0.347 e. The van der Waals surface area contributed by atoms with E-state index in [1.165, 1.54) is 30.3 Å². The summed E-state index contributed by atoms with van der Waals surface area (Å²) in [7, 11) is 1.51. The fourth-order valence-electron chi connectivity index (χ4n) is 1.73. The van der Waals surface area contributed by atoms with E-state index in [1.54, 1.807) is 6.20 Å². The summed E-state index contributed by atoms with van der Waals surface area (Å²) >= 11 is 0. The zero-order chi connectivity index (χ0) is 14.8. The van der Waals surface area contributed by atoms with Gasteiger partial charge in [-0.3, -0.25) is 4.79 Å². The Kier molecular flexibility index (Phi) is 3.78. The average molecular weight is 283 g/mol. The molecule has 0 aliphatic rings. The predicted molar refractivity (Wildman–Crippen MR) is 65.8 cm³/mol. The van der Waals surface area contributed by atoms with Gasteiger partial charge < -0.3 is 9.88 Å². The third-order valence-electron chi connectivity index (χ3n) is 2.73. The van der Waals surface area contributed by atoms with Crippen LogP contribution in [0.4, 0.5) is 13.2 Å². The Balaban J connectivity index is 2.16. The summed E-state index contributed by atoms with van der Waals surface area (Å²) in [5.41, 5.74) is -0.844. The van der Waals surface area contributed by atoms with Gasteiger partial charge in [0.1, 0.15) is 5.82 Å². The Bertz CT molecular complexity index is 593. The van der Waals surface area contributed by atoms with E-state index in [9.17, 15) is 18.0 Å². The number of rotatable bonds is 3. The maximum absolute atomic E-state index is 12.6. The molecule has 0 fully saturated rings. The third-order valence-corrected chi connectivity index (χ3v) is 2.73. The molecule has 0 bridgehead atoms. The fourth-order valence-corrected chi connectivity index (χ4v) is 1.73. The van der Waals surface area contributed by atoms with Crippen molar-refractivity contribution in [2.75, 3.05) is 7.05 Å². The Morgan fingerprint density at radius 2 is 2.15 bits per heavy atom. The van der Waals surface area contributed by atoms with Crippen LogP contribution in [0.1, 0.15) is 21.7 Å².